The molecule has 1 aromatic heterocycles. The van der Waals surface area contributed by atoms with Crippen LogP contribution in [0.3, 0.4) is 0 Å². The van der Waals surface area contributed by atoms with E-state index in [-0.39, 0.29) is 24.3 Å². The zero-order chi connectivity index (χ0) is 19.9. The van der Waals surface area contributed by atoms with E-state index in [0.717, 1.165) is 41.4 Å². The molecule has 0 radical (unpaired) electrons. The molecular weight excluding hydrogens is 374 g/mol. The number of nitrogens with zero attached hydrogens (tertiary/aromatic N) is 2. The van der Waals surface area contributed by atoms with Gasteiger partial charge in [-0.2, -0.15) is 0 Å². The summed E-state index contributed by atoms with van der Waals surface area (Å²) in [6.07, 6.45) is 2.27. The molecule has 6 nitrogen and oxygen atoms in total. The molecule has 1 unspecified atom stereocenters. The second-order valence-electron chi connectivity index (χ2n) is 7.24. The number of ether oxygens (including phenoxy) is 1. The van der Waals surface area contributed by atoms with Crippen molar-refractivity contribution in [2.45, 2.75) is 33.1 Å². The number of thiazole rings is 1. The second-order valence-corrected chi connectivity index (χ2v) is 8.30. The number of carbonyl (C=O) groups is 2. The summed E-state index contributed by atoms with van der Waals surface area (Å²) in [6.45, 7) is 5.94. The number of aryl methyl sites for hydroxylation is 2. The Morgan fingerprint density at radius 2 is 2.14 bits per heavy atom. The van der Waals surface area contributed by atoms with Crippen LogP contribution in [0.4, 0.5) is 0 Å². The molecule has 7 heteroatoms. The summed E-state index contributed by atoms with van der Waals surface area (Å²) < 4.78 is 5.69. The van der Waals surface area contributed by atoms with Crippen LogP contribution in [-0.2, 0) is 16.0 Å². The zero-order valence-electron chi connectivity index (χ0n) is 16.4. The first kappa shape index (κ1) is 20.3. The Bertz CT molecular complexity index is 821. The summed E-state index contributed by atoms with van der Waals surface area (Å²) in [4.78, 5) is 30.8. The number of nitrogens with one attached hydrogen (secondary N) is 1. The topological polar surface area (TPSA) is 71.5 Å². The molecule has 1 atom stereocenters. The van der Waals surface area contributed by atoms with E-state index in [4.69, 9.17) is 4.74 Å². The van der Waals surface area contributed by atoms with E-state index in [0.29, 0.717) is 19.5 Å². The highest BCUT2D eigenvalue weighted by molar-refractivity contribution is 7.09. The predicted molar refractivity (Wildman–Crippen MR) is 110 cm³/mol. The molecule has 0 spiro atoms. The molecule has 28 heavy (non-hydrogen) atoms. The van der Waals surface area contributed by atoms with Crippen molar-refractivity contribution in [2.24, 2.45) is 5.92 Å². The summed E-state index contributed by atoms with van der Waals surface area (Å²) in [5.41, 5.74) is 1.83. The lowest BCUT2D eigenvalue weighted by Gasteiger charge is -2.32. The third-order valence-electron chi connectivity index (χ3n) is 4.91. The minimum Gasteiger partial charge on any atom is -0.484 e. The van der Waals surface area contributed by atoms with Crippen molar-refractivity contribution in [1.29, 1.82) is 0 Å². The van der Waals surface area contributed by atoms with Crippen molar-refractivity contribution < 1.29 is 14.3 Å². The Kier molecular flexibility index (Phi) is 7.03. The quantitative estimate of drug-likeness (QED) is 0.774. The molecule has 1 fully saturated rings. The molecule has 2 aromatic rings. The van der Waals surface area contributed by atoms with Gasteiger partial charge in [-0.3, -0.25) is 9.59 Å². The molecule has 0 bridgehead atoms. The van der Waals surface area contributed by atoms with Gasteiger partial charge in [-0.05, 0) is 44.2 Å². The number of hydrogen-bond donors (Lipinski definition) is 1. The molecule has 0 aliphatic carbocycles. The number of benzene rings is 1. The molecule has 1 aromatic carbocycles. The average Bonchev–Trinajstić information content (AvgIpc) is 3.10. The lowest BCUT2D eigenvalue weighted by atomic mass is 9.98. The highest BCUT2D eigenvalue weighted by atomic mass is 32.1. The number of likely N-dealkylation sites (tertiary alicyclic amines) is 1. The third-order valence-corrected chi connectivity index (χ3v) is 5.73. The highest BCUT2D eigenvalue weighted by Crippen LogP contribution is 2.18. The maximum absolute atomic E-state index is 12.5. The van der Waals surface area contributed by atoms with Gasteiger partial charge in [0, 0.05) is 25.0 Å². The lowest BCUT2D eigenvalue weighted by Crippen LogP contribution is -2.45. The number of para-hydroxylation sites is 1. The van der Waals surface area contributed by atoms with Crippen LogP contribution >= 0.6 is 11.3 Å². The van der Waals surface area contributed by atoms with Crippen LogP contribution < -0.4 is 10.1 Å². The number of rotatable bonds is 7. The van der Waals surface area contributed by atoms with E-state index in [1.807, 2.05) is 48.4 Å². The van der Waals surface area contributed by atoms with Gasteiger partial charge in [-0.15, -0.1) is 11.3 Å². The van der Waals surface area contributed by atoms with E-state index in [1.54, 1.807) is 11.3 Å². The van der Waals surface area contributed by atoms with Gasteiger partial charge < -0.3 is 15.0 Å². The van der Waals surface area contributed by atoms with Gasteiger partial charge in [0.1, 0.15) is 5.75 Å². The van der Waals surface area contributed by atoms with Gasteiger partial charge in [0.25, 0.3) is 5.91 Å². The van der Waals surface area contributed by atoms with Gasteiger partial charge in [0.15, 0.2) is 6.61 Å². The zero-order valence-corrected chi connectivity index (χ0v) is 17.3. The molecule has 1 aliphatic rings. The van der Waals surface area contributed by atoms with Crippen LogP contribution in [0.25, 0.3) is 0 Å². The summed E-state index contributed by atoms with van der Waals surface area (Å²) >= 11 is 1.55. The smallest absolute Gasteiger partial charge is 0.260 e. The minimum absolute atomic E-state index is 0.00257. The molecule has 150 valence electrons. The number of hydrogen-bond acceptors (Lipinski definition) is 5. The Hall–Kier alpha value is -2.41. The van der Waals surface area contributed by atoms with E-state index in [2.05, 4.69) is 10.3 Å². The Labute approximate surface area is 169 Å². The monoisotopic (exact) mass is 401 g/mol. The predicted octanol–water partition coefficient (Wildman–Crippen LogP) is 2.74. The molecule has 2 amide bonds. The van der Waals surface area contributed by atoms with Crippen molar-refractivity contribution in [3.63, 3.8) is 0 Å². The van der Waals surface area contributed by atoms with Gasteiger partial charge in [-0.1, -0.05) is 18.2 Å². The van der Waals surface area contributed by atoms with Crippen LogP contribution in [0, 0.1) is 19.8 Å². The van der Waals surface area contributed by atoms with Gasteiger partial charge in [0.2, 0.25) is 5.91 Å². The van der Waals surface area contributed by atoms with Crippen LogP contribution in [0.1, 0.15) is 29.1 Å². The van der Waals surface area contributed by atoms with Crippen LogP contribution in [0.15, 0.2) is 29.6 Å². The standard InChI is InChI=1S/C21H27N3O3S/c1-15-6-3-4-8-19(15)27-13-21(26)24-9-5-7-17(12-24)11-22-20(25)10-18-14-28-16(2)23-18/h3-4,6,8,14,17H,5,7,9-13H2,1-2H3,(H,22,25). The van der Waals surface area contributed by atoms with Crippen molar-refractivity contribution in [1.82, 2.24) is 15.2 Å². The first-order valence-electron chi connectivity index (χ1n) is 9.65. The van der Waals surface area contributed by atoms with E-state index in [1.165, 1.54) is 0 Å². The molecular formula is C21H27N3O3S. The summed E-state index contributed by atoms with van der Waals surface area (Å²) in [6, 6.07) is 7.69. The molecule has 1 saturated heterocycles. The van der Waals surface area contributed by atoms with Crippen LogP contribution in [0.5, 0.6) is 5.75 Å². The number of piperidine rings is 1. The second kappa shape index (κ2) is 9.68. The SMILES string of the molecule is Cc1nc(CC(=O)NCC2CCCN(C(=O)COc3ccccc3C)C2)cs1. The summed E-state index contributed by atoms with van der Waals surface area (Å²) in [5, 5.41) is 5.88. The van der Waals surface area contributed by atoms with E-state index in [9.17, 15) is 9.59 Å². The van der Waals surface area contributed by atoms with Crippen LogP contribution in [0.2, 0.25) is 0 Å². The molecule has 3 rings (SSSR count). The van der Waals surface area contributed by atoms with Crippen molar-refractivity contribution in [2.75, 3.05) is 26.2 Å². The number of amides is 2. The Morgan fingerprint density at radius 3 is 2.89 bits per heavy atom. The molecule has 0 saturated carbocycles. The van der Waals surface area contributed by atoms with Crippen molar-refractivity contribution in [3.05, 3.63) is 45.9 Å². The minimum atomic E-state index is -0.0170. The Balaban J connectivity index is 1.42. The number of aromatic nitrogens is 1. The van der Waals surface area contributed by atoms with Gasteiger partial charge in [-0.25, -0.2) is 4.98 Å². The maximum atomic E-state index is 12.5. The van der Waals surface area contributed by atoms with Gasteiger partial charge >= 0.3 is 0 Å². The molecule has 1 N–H and O–H groups in total. The first-order valence-corrected chi connectivity index (χ1v) is 10.5. The molecule has 1 aliphatic heterocycles. The number of carbonyl (C=O) groups excluding carboxylic acids is 2. The van der Waals surface area contributed by atoms with E-state index >= 15 is 0 Å². The fraction of sp³-hybridized carbons (Fsp3) is 0.476. The van der Waals surface area contributed by atoms with Gasteiger partial charge in [0.05, 0.1) is 17.1 Å². The fourth-order valence-corrected chi connectivity index (χ4v) is 3.99. The average molecular weight is 402 g/mol. The summed E-state index contributed by atoms with van der Waals surface area (Å²) in [7, 11) is 0. The highest BCUT2D eigenvalue weighted by Gasteiger charge is 2.24. The largest absolute Gasteiger partial charge is 0.484 e. The molecule has 2 heterocycles. The van der Waals surface area contributed by atoms with Crippen molar-refractivity contribution >= 4 is 23.2 Å². The lowest BCUT2D eigenvalue weighted by molar-refractivity contribution is -0.135. The first-order chi connectivity index (χ1) is 13.5. The summed E-state index contributed by atoms with van der Waals surface area (Å²) in [5.74, 6) is 1.00. The third kappa shape index (κ3) is 5.79. The normalized spacial score (nSPS) is 16.6. The van der Waals surface area contributed by atoms with Crippen molar-refractivity contribution in [3.8, 4) is 5.75 Å². The maximum Gasteiger partial charge on any atom is 0.260 e. The fourth-order valence-electron chi connectivity index (χ4n) is 3.38. The van der Waals surface area contributed by atoms with Crippen LogP contribution in [-0.4, -0.2) is 47.9 Å². The van der Waals surface area contributed by atoms with E-state index < -0.39 is 0 Å². The Morgan fingerprint density at radius 1 is 1.32 bits per heavy atom.